The van der Waals surface area contributed by atoms with E-state index in [1.165, 1.54) is 6.07 Å². The predicted molar refractivity (Wildman–Crippen MR) is 87.0 cm³/mol. The number of aromatic amines is 1. The maximum Gasteiger partial charge on any atom is 0.139 e. The minimum atomic E-state index is -0.303. The van der Waals surface area contributed by atoms with Gasteiger partial charge in [-0.2, -0.15) is 0 Å². The second kappa shape index (κ2) is 5.52. The topological polar surface area (TPSA) is 46.0 Å². The first-order valence-corrected chi connectivity index (χ1v) is 7.50. The Balaban J connectivity index is 1.96. The molecule has 1 aromatic carbocycles. The fourth-order valence-corrected chi connectivity index (χ4v) is 2.82. The summed E-state index contributed by atoms with van der Waals surface area (Å²) in [7, 11) is 0. The van der Waals surface area contributed by atoms with Crippen molar-refractivity contribution in [2.75, 3.05) is 0 Å². The molecule has 4 rings (SSSR count). The normalized spacial score (nSPS) is 11.2. The van der Waals surface area contributed by atoms with Crippen molar-refractivity contribution in [3.63, 3.8) is 0 Å². The van der Waals surface area contributed by atoms with Crippen molar-refractivity contribution in [3.8, 4) is 11.3 Å². The molecule has 0 spiro atoms. The molecule has 0 amide bonds. The molecule has 0 saturated heterocycles. The zero-order valence-electron chi connectivity index (χ0n) is 12.0. The van der Waals surface area contributed by atoms with E-state index < -0.39 is 0 Å². The van der Waals surface area contributed by atoms with Gasteiger partial charge < -0.3 is 9.38 Å². The number of nitrogens with zero attached hydrogens (tertiary/aromatic N) is 3. The van der Waals surface area contributed by atoms with Crippen molar-refractivity contribution >= 4 is 17.2 Å². The van der Waals surface area contributed by atoms with Gasteiger partial charge in [0.1, 0.15) is 17.3 Å². The standard InChI is InChI=1S/C17H12ClFN4/c18-11-5-8-23-14(10-15-20-6-7-21-15)17(22-16(23)9-11)12-3-1-2-4-13(12)19/h1-9H,10H2,(H,20,21). The first kappa shape index (κ1) is 14.0. The third-order valence-electron chi connectivity index (χ3n) is 3.71. The van der Waals surface area contributed by atoms with E-state index in [-0.39, 0.29) is 5.82 Å². The van der Waals surface area contributed by atoms with E-state index in [0.717, 1.165) is 11.5 Å². The van der Waals surface area contributed by atoms with E-state index in [0.29, 0.717) is 28.3 Å². The molecule has 6 heteroatoms. The number of fused-ring (bicyclic) bond motifs is 1. The fraction of sp³-hybridized carbons (Fsp3) is 0.0588. The summed E-state index contributed by atoms with van der Waals surface area (Å²) in [5.41, 5.74) is 2.60. The minimum Gasteiger partial charge on any atom is -0.348 e. The Bertz CT molecular complexity index is 976. The van der Waals surface area contributed by atoms with Crippen LogP contribution in [-0.4, -0.2) is 19.4 Å². The average Bonchev–Trinajstić information content (AvgIpc) is 3.16. The van der Waals surface area contributed by atoms with Crippen LogP contribution >= 0.6 is 11.6 Å². The second-order valence-corrected chi connectivity index (χ2v) is 5.61. The van der Waals surface area contributed by atoms with Gasteiger partial charge in [0.15, 0.2) is 0 Å². The zero-order valence-corrected chi connectivity index (χ0v) is 12.8. The lowest BCUT2D eigenvalue weighted by Gasteiger charge is -2.05. The molecule has 0 aliphatic carbocycles. The van der Waals surface area contributed by atoms with Gasteiger partial charge in [-0.15, -0.1) is 0 Å². The molecule has 0 bridgehead atoms. The van der Waals surface area contributed by atoms with E-state index in [9.17, 15) is 4.39 Å². The molecule has 23 heavy (non-hydrogen) atoms. The Morgan fingerprint density at radius 3 is 2.87 bits per heavy atom. The molecule has 0 unspecified atom stereocenters. The highest BCUT2D eigenvalue weighted by atomic mass is 35.5. The molecule has 0 fully saturated rings. The van der Waals surface area contributed by atoms with E-state index in [4.69, 9.17) is 11.6 Å². The number of imidazole rings is 2. The highest BCUT2D eigenvalue weighted by molar-refractivity contribution is 6.30. The van der Waals surface area contributed by atoms with Crippen LogP contribution in [0.4, 0.5) is 4.39 Å². The Kier molecular flexibility index (Phi) is 3.35. The van der Waals surface area contributed by atoms with Crippen molar-refractivity contribution in [3.05, 3.63) is 77.3 Å². The summed E-state index contributed by atoms with van der Waals surface area (Å²) < 4.78 is 16.2. The molecule has 0 aliphatic heterocycles. The largest absolute Gasteiger partial charge is 0.348 e. The molecular weight excluding hydrogens is 315 g/mol. The van der Waals surface area contributed by atoms with Crippen LogP contribution in [0, 0.1) is 5.82 Å². The number of aromatic nitrogens is 4. The molecule has 0 radical (unpaired) electrons. The van der Waals surface area contributed by atoms with Crippen LogP contribution in [0.5, 0.6) is 0 Å². The number of benzene rings is 1. The van der Waals surface area contributed by atoms with Gasteiger partial charge >= 0.3 is 0 Å². The third kappa shape index (κ3) is 2.49. The Labute approximate surface area is 136 Å². The molecule has 0 atom stereocenters. The maximum absolute atomic E-state index is 14.2. The highest BCUT2D eigenvalue weighted by Gasteiger charge is 2.18. The van der Waals surface area contributed by atoms with Crippen LogP contribution < -0.4 is 0 Å². The molecule has 4 aromatic rings. The lowest BCUT2D eigenvalue weighted by Crippen LogP contribution is -1.99. The van der Waals surface area contributed by atoms with Gasteiger partial charge in [0.2, 0.25) is 0 Å². The van der Waals surface area contributed by atoms with Crippen LogP contribution in [-0.2, 0) is 6.42 Å². The average molecular weight is 327 g/mol. The number of H-pyrrole nitrogens is 1. The van der Waals surface area contributed by atoms with Gasteiger partial charge in [-0.1, -0.05) is 23.7 Å². The van der Waals surface area contributed by atoms with Crippen molar-refractivity contribution in [2.45, 2.75) is 6.42 Å². The van der Waals surface area contributed by atoms with Crippen molar-refractivity contribution in [1.29, 1.82) is 0 Å². The number of nitrogens with one attached hydrogen (secondary N) is 1. The van der Waals surface area contributed by atoms with E-state index in [2.05, 4.69) is 15.0 Å². The molecule has 1 N–H and O–H groups in total. The smallest absolute Gasteiger partial charge is 0.139 e. The first-order valence-electron chi connectivity index (χ1n) is 7.12. The first-order chi connectivity index (χ1) is 11.2. The number of pyridine rings is 1. The quantitative estimate of drug-likeness (QED) is 0.616. The van der Waals surface area contributed by atoms with Gasteiger partial charge in [0.05, 0.1) is 11.4 Å². The molecule has 3 aromatic heterocycles. The summed E-state index contributed by atoms with van der Waals surface area (Å²) >= 11 is 6.05. The van der Waals surface area contributed by atoms with Gasteiger partial charge in [-0.05, 0) is 18.2 Å². The number of hydrogen-bond acceptors (Lipinski definition) is 2. The fourth-order valence-electron chi connectivity index (χ4n) is 2.66. The Morgan fingerprint density at radius 2 is 2.09 bits per heavy atom. The number of rotatable bonds is 3. The SMILES string of the molecule is Fc1ccccc1-c1nc2cc(Cl)ccn2c1Cc1ncc[nH]1. The molecule has 0 aliphatic rings. The molecule has 4 nitrogen and oxygen atoms in total. The molecule has 0 saturated carbocycles. The highest BCUT2D eigenvalue weighted by Crippen LogP contribution is 2.28. The van der Waals surface area contributed by atoms with Gasteiger partial charge in [-0.25, -0.2) is 14.4 Å². The van der Waals surface area contributed by atoms with Gasteiger partial charge in [0.25, 0.3) is 0 Å². The monoisotopic (exact) mass is 326 g/mol. The van der Waals surface area contributed by atoms with Crippen LogP contribution in [0.15, 0.2) is 55.0 Å². The molecular formula is C17H12ClFN4. The summed E-state index contributed by atoms with van der Waals surface area (Å²) in [5, 5.41) is 0.590. The Morgan fingerprint density at radius 1 is 1.22 bits per heavy atom. The third-order valence-corrected chi connectivity index (χ3v) is 3.94. The predicted octanol–water partition coefficient (Wildman–Crippen LogP) is 4.11. The van der Waals surface area contributed by atoms with Crippen molar-refractivity contribution < 1.29 is 4.39 Å². The summed E-state index contributed by atoms with van der Waals surface area (Å²) in [6, 6.07) is 10.2. The van der Waals surface area contributed by atoms with Crippen LogP contribution in [0.1, 0.15) is 11.5 Å². The Hall–Kier alpha value is -2.66. The van der Waals surface area contributed by atoms with Gasteiger partial charge in [-0.3, -0.25) is 0 Å². The van der Waals surface area contributed by atoms with Crippen LogP contribution in [0.3, 0.4) is 0 Å². The maximum atomic E-state index is 14.2. The minimum absolute atomic E-state index is 0.303. The van der Waals surface area contributed by atoms with Crippen molar-refractivity contribution in [1.82, 2.24) is 19.4 Å². The van der Waals surface area contributed by atoms with E-state index in [1.807, 2.05) is 10.6 Å². The zero-order chi connectivity index (χ0) is 15.8. The van der Waals surface area contributed by atoms with Crippen LogP contribution in [0.2, 0.25) is 5.02 Å². The second-order valence-electron chi connectivity index (χ2n) is 5.17. The molecule has 114 valence electrons. The summed E-state index contributed by atoms with van der Waals surface area (Å²) in [5.74, 6) is 0.488. The van der Waals surface area contributed by atoms with E-state index in [1.54, 1.807) is 42.7 Å². The van der Waals surface area contributed by atoms with Crippen LogP contribution in [0.25, 0.3) is 16.9 Å². The molecule has 3 heterocycles. The van der Waals surface area contributed by atoms with Crippen molar-refractivity contribution in [2.24, 2.45) is 0 Å². The number of halogens is 2. The lowest BCUT2D eigenvalue weighted by molar-refractivity contribution is 0.630. The van der Waals surface area contributed by atoms with Gasteiger partial charge in [0, 0.05) is 41.7 Å². The number of hydrogen-bond donors (Lipinski definition) is 1. The summed E-state index contributed by atoms with van der Waals surface area (Å²) in [6.07, 6.45) is 5.81. The summed E-state index contributed by atoms with van der Waals surface area (Å²) in [4.78, 5) is 11.9. The lowest BCUT2D eigenvalue weighted by atomic mass is 10.1. The summed E-state index contributed by atoms with van der Waals surface area (Å²) in [6.45, 7) is 0. The van der Waals surface area contributed by atoms with E-state index >= 15 is 0 Å².